The summed E-state index contributed by atoms with van der Waals surface area (Å²) in [5.41, 5.74) is 0.325. The SMILES string of the molecule is COc1ccc(CC(=O)NCC#Cc2cccc(C(F)(F)F)c2)cc1. The lowest BCUT2D eigenvalue weighted by Gasteiger charge is -2.05. The number of methoxy groups -OCH3 is 1. The maximum atomic E-state index is 12.6. The summed E-state index contributed by atoms with van der Waals surface area (Å²) in [6.07, 6.45) is -4.21. The van der Waals surface area contributed by atoms with Gasteiger partial charge in [0.05, 0.1) is 25.6 Å². The Balaban J connectivity index is 1.86. The largest absolute Gasteiger partial charge is 0.497 e. The normalized spacial score (nSPS) is 10.6. The quantitative estimate of drug-likeness (QED) is 0.861. The molecule has 0 spiro atoms. The van der Waals surface area contributed by atoms with Crippen molar-refractivity contribution in [3.63, 3.8) is 0 Å². The molecule has 2 rings (SSSR count). The van der Waals surface area contributed by atoms with E-state index in [2.05, 4.69) is 17.2 Å². The molecule has 0 aliphatic heterocycles. The second-order valence-electron chi connectivity index (χ2n) is 5.18. The Morgan fingerprint density at radius 3 is 2.52 bits per heavy atom. The molecule has 6 heteroatoms. The fraction of sp³-hybridized carbons (Fsp3) is 0.211. The standard InChI is InChI=1S/C19H16F3NO2/c1-25-17-9-7-15(8-10-17)13-18(24)23-11-3-5-14-4-2-6-16(12-14)19(20,21)22/h2,4,6-10,12H,11,13H2,1H3,(H,23,24). The smallest absolute Gasteiger partial charge is 0.416 e. The number of carbonyl (C=O) groups excluding carboxylic acids is 1. The number of hydrogen-bond donors (Lipinski definition) is 1. The van der Waals surface area contributed by atoms with Crippen LogP contribution in [0, 0.1) is 11.8 Å². The second-order valence-corrected chi connectivity index (χ2v) is 5.18. The zero-order chi connectivity index (χ0) is 18.3. The lowest BCUT2D eigenvalue weighted by molar-refractivity contribution is -0.137. The third-order valence-electron chi connectivity index (χ3n) is 3.32. The number of halogens is 3. The Kier molecular flexibility index (Phi) is 6.07. The Hall–Kier alpha value is -2.94. The summed E-state index contributed by atoms with van der Waals surface area (Å²) in [6.45, 7) is 0.0607. The van der Waals surface area contributed by atoms with Crippen LogP contribution in [0.1, 0.15) is 16.7 Å². The van der Waals surface area contributed by atoms with Gasteiger partial charge in [-0.05, 0) is 35.9 Å². The van der Waals surface area contributed by atoms with Gasteiger partial charge < -0.3 is 10.1 Å². The van der Waals surface area contributed by atoms with E-state index in [0.717, 1.165) is 17.7 Å². The first kappa shape index (κ1) is 18.4. The van der Waals surface area contributed by atoms with E-state index in [0.29, 0.717) is 5.75 Å². The summed E-state index contributed by atoms with van der Waals surface area (Å²) in [5, 5.41) is 2.61. The highest BCUT2D eigenvalue weighted by Gasteiger charge is 2.30. The molecule has 25 heavy (non-hydrogen) atoms. The zero-order valence-corrected chi connectivity index (χ0v) is 13.5. The van der Waals surface area contributed by atoms with Crippen LogP contribution < -0.4 is 10.1 Å². The van der Waals surface area contributed by atoms with E-state index >= 15 is 0 Å². The van der Waals surface area contributed by atoms with Gasteiger partial charge in [0, 0.05) is 5.56 Å². The second kappa shape index (κ2) is 8.25. The van der Waals surface area contributed by atoms with Crippen molar-refractivity contribution in [2.24, 2.45) is 0 Å². The van der Waals surface area contributed by atoms with Crippen LogP contribution in [-0.2, 0) is 17.4 Å². The number of hydrogen-bond acceptors (Lipinski definition) is 2. The van der Waals surface area contributed by atoms with Crippen LogP contribution in [-0.4, -0.2) is 19.6 Å². The molecule has 0 atom stereocenters. The molecule has 130 valence electrons. The minimum Gasteiger partial charge on any atom is -0.497 e. The number of benzene rings is 2. The van der Waals surface area contributed by atoms with E-state index in [4.69, 9.17) is 4.74 Å². The minimum atomic E-state index is -4.40. The average molecular weight is 347 g/mol. The summed E-state index contributed by atoms with van der Waals surface area (Å²) in [6, 6.07) is 11.8. The van der Waals surface area contributed by atoms with Gasteiger partial charge in [-0.15, -0.1) is 0 Å². The molecular formula is C19H16F3NO2. The molecule has 0 aliphatic carbocycles. The number of amides is 1. The highest BCUT2D eigenvalue weighted by Crippen LogP contribution is 2.29. The van der Waals surface area contributed by atoms with Crippen LogP contribution in [0.15, 0.2) is 48.5 Å². The highest BCUT2D eigenvalue weighted by atomic mass is 19.4. The number of nitrogens with one attached hydrogen (secondary N) is 1. The molecule has 0 unspecified atom stereocenters. The Morgan fingerprint density at radius 1 is 1.16 bits per heavy atom. The molecule has 3 nitrogen and oxygen atoms in total. The van der Waals surface area contributed by atoms with Crippen molar-refractivity contribution in [1.29, 1.82) is 0 Å². The fourth-order valence-corrected chi connectivity index (χ4v) is 2.05. The molecule has 0 radical (unpaired) electrons. The number of rotatable bonds is 4. The van der Waals surface area contributed by atoms with Crippen LogP contribution in [0.25, 0.3) is 0 Å². The van der Waals surface area contributed by atoms with E-state index in [1.807, 2.05) is 0 Å². The van der Waals surface area contributed by atoms with Crippen LogP contribution in [0.2, 0.25) is 0 Å². The fourth-order valence-electron chi connectivity index (χ4n) is 2.05. The predicted octanol–water partition coefficient (Wildman–Crippen LogP) is 3.42. The first-order valence-electron chi connectivity index (χ1n) is 7.44. The van der Waals surface area contributed by atoms with E-state index in [9.17, 15) is 18.0 Å². The molecular weight excluding hydrogens is 331 g/mol. The van der Waals surface area contributed by atoms with Gasteiger partial charge in [0.25, 0.3) is 0 Å². The van der Waals surface area contributed by atoms with Crippen LogP contribution in [0.4, 0.5) is 13.2 Å². The first-order chi connectivity index (χ1) is 11.9. The van der Waals surface area contributed by atoms with Crippen molar-refractivity contribution in [3.05, 3.63) is 65.2 Å². The van der Waals surface area contributed by atoms with Gasteiger partial charge in [0.1, 0.15) is 5.75 Å². The molecule has 0 saturated carbocycles. The van der Waals surface area contributed by atoms with Crippen LogP contribution in [0.5, 0.6) is 5.75 Å². The number of carbonyl (C=O) groups is 1. The molecule has 0 heterocycles. The average Bonchev–Trinajstić information content (AvgIpc) is 2.59. The van der Waals surface area contributed by atoms with Gasteiger partial charge in [-0.3, -0.25) is 4.79 Å². The van der Waals surface area contributed by atoms with Gasteiger partial charge in [-0.2, -0.15) is 13.2 Å². The summed E-state index contributed by atoms with van der Waals surface area (Å²) in [4.78, 5) is 11.8. The van der Waals surface area contributed by atoms with Crippen molar-refractivity contribution in [3.8, 4) is 17.6 Å². The van der Waals surface area contributed by atoms with Crippen molar-refractivity contribution in [2.75, 3.05) is 13.7 Å². The molecule has 1 amide bonds. The molecule has 0 fully saturated rings. The van der Waals surface area contributed by atoms with Crippen molar-refractivity contribution in [2.45, 2.75) is 12.6 Å². The van der Waals surface area contributed by atoms with Gasteiger partial charge in [0.15, 0.2) is 0 Å². The lowest BCUT2D eigenvalue weighted by atomic mass is 10.1. The third kappa shape index (κ3) is 5.88. The van der Waals surface area contributed by atoms with Crippen molar-refractivity contribution in [1.82, 2.24) is 5.32 Å². The van der Waals surface area contributed by atoms with Gasteiger partial charge in [-0.25, -0.2) is 0 Å². The first-order valence-corrected chi connectivity index (χ1v) is 7.44. The van der Waals surface area contributed by atoms with Crippen molar-refractivity contribution >= 4 is 5.91 Å². The summed E-state index contributed by atoms with van der Waals surface area (Å²) in [5.74, 6) is 5.74. The highest BCUT2D eigenvalue weighted by molar-refractivity contribution is 5.78. The Morgan fingerprint density at radius 2 is 1.88 bits per heavy atom. The van der Waals surface area contributed by atoms with Gasteiger partial charge in [0.2, 0.25) is 5.91 Å². The minimum absolute atomic E-state index is 0.0607. The predicted molar refractivity (Wildman–Crippen MR) is 88.0 cm³/mol. The Labute approximate surface area is 143 Å². The molecule has 2 aromatic carbocycles. The van der Waals surface area contributed by atoms with Crippen LogP contribution in [0.3, 0.4) is 0 Å². The zero-order valence-electron chi connectivity index (χ0n) is 13.5. The molecule has 2 aromatic rings. The molecule has 0 aliphatic rings. The van der Waals surface area contributed by atoms with Crippen molar-refractivity contribution < 1.29 is 22.7 Å². The van der Waals surface area contributed by atoms with E-state index in [1.54, 1.807) is 31.4 Å². The topological polar surface area (TPSA) is 38.3 Å². The van der Waals surface area contributed by atoms with E-state index in [-0.39, 0.29) is 24.4 Å². The maximum Gasteiger partial charge on any atom is 0.416 e. The summed E-state index contributed by atoms with van der Waals surface area (Å²) in [7, 11) is 1.56. The summed E-state index contributed by atoms with van der Waals surface area (Å²) < 4.78 is 42.8. The molecule has 0 aromatic heterocycles. The number of ether oxygens (including phenoxy) is 1. The van der Waals surface area contributed by atoms with Gasteiger partial charge in [-0.1, -0.05) is 30.0 Å². The van der Waals surface area contributed by atoms with E-state index in [1.165, 1.54) is 12.1 Å². The monoisotopic (exact) mass is 347 g/mol. The number of alkyl halides is 3. The molecule has 0 bridgehead atoms. The maximum absolute atomic E-state index is 12.6. The molecule has 0 saturated heterocycles. The lowest BCUT2D eigenvalue weighted by Crippen LogP contribution is -2.25. The molecule has 1 N–H and O–H groups in total. The van der Waals surface area contributed by atoms with Crippen LogP contribution >= 0.6 is 0 Å². The summed E-state index contributed by atoms with van der Waals surface area (Å²) >= 11 is 0. The van der Waals surface area contributed by atoms with E-state index < -0.39 is 11.7 Å². The Bertz CT molecular complexity index is 787. The third-order valence-corrected chi connectivity index (χ3v) is 3.32. The van der Waals surface area contributed by atoms with Gasteiger partial charge >= 0.3 is 6.18 Å².